The quantitative estimate of drug-likeness (QED) is 0.284. The van der Waals surface area contributed by atoms with Crippen LogP contribution in [0.2, 0.25) is 5.02 Å². The number of amides is 1. The van der Waals surface area contributed by atoms with Crippen molar-refractivity contribution in [1.82, 2.24) is 0 Å². The molecule has 1 heterocycles. The largest absolute Gasteiger partial charge is 0.490 e. The van der Waals surface area contributed by atoms with Crippen molar-refractivity contribution in [3.8, 4) is 5.75 Å². The Morgan fingerprint density at radius 2 is 2.05 bits per heavy atom. The minimum Gasteiger partial charge on any atom is -0.490 e. The van der Waals surface area contributed by atoms with E-state index in [1.165, 1.54) is 17.5 Å². The standard InChI is InChI=1S/C32H40ClN2O4S/c1-21(7-4-11-29(36)23-8-5-9-23)22(2)40(38)34-31(37)25-12-15-30-28(18-25)35(3)19-32(20-39-30)16-6-10-24-17-26(33)13-14-27(24)32/h4,11-15,17-18,21-23,29,36H,5-10,16,19-20H2,1-3H3/q-1/b11-4+/t21-,22+,29-,32-/m0/s1. The molecule has 0 aromatic heterocycles. The first-order chi connectivity index (χ1) is 19.2. The number of aliphatic hydroxyl groups excluding tert-OH is 1. The number of fused-ring (bicyclic) bond motifs is 3. The summed E-state index contributed by atoms with van der Waals surface area (Å²) in [6, 6.07) is 11.5. The number of ether oxygens (including phenoxy) is 1. The summed E-state index contributed by atoms with van der Waals surface area (Å²) in [6.07, 6.45) is 10.6. The zero-order chi connectivity index (χ0) is 28.4. The molecular weight excluding hydrogens is 544 g/mol. The predicted molar refractivity (Wildman–Crippen MR) is 162 cm³/mol. The van der Waals surface area contributed by atoms with E-state index >= 15 is 0 Å². The van der Waals surface area contributed by atoms with Crippen molar-refractivity contribution in [3.05, 3.63) is 70.3 Å². The molecule has 1 spiro atoms. The van der Waals surface area contributed by atoms with Gasteiger partial charge in [-0.15, -0.1) is 0 Å². The van der Waals surface area contributed by atoms with E-state index in [1.54, 1.807) is 6.07 Å². The van der Waals surface area contributed by atoms with Crippen LogP contribution < -0.4 is 9.64 Å². The number of anilines is 1. The van der Waals surface area contributed by atoms with Gasteiger partial charge >= 0.3 is 0 Å². The summed E-state index contributed by atoms with van der Waals surface area (Å²) in [5.74, 6) is 0.676. The molecule has 1 N–H and O–H groups in total. The number of carbonyl (C=O) groups is 1. The number of likely N-dealkylation sites (N-methyl/N-ethyl adjacent to an activating group) is 1. The maximum Gasteiger partial charge on any atom is 0.254 e. The van der Waals surface area contributed by atoms with Crippen LogP contribution in [0.1, 0.15) is 73.9 Å². The lowest BCUT2D eigenvalue weighted by molar-refractivity contribution is 0.100. The van der Waals surface area contributed by atoms with Crippen LogP contribution in [-0.2, 0) is 26.6 Å². The van der Waals surface area contributed by atoms with Crippen LogP contribution >= 0.6 is 11.6 Å². The maximum absolute atomic E-state index is 13.1. The Hall–Kier alpha value is -2.35. The summed E-state index contributed by atoms with van der Waals surface area (Å²) in [7, 11) is 0.365. The molecule has 1 aliphatic heterocycles. The average Bonchev–Trinajstić information content (AvgIpc) is 3.03. The first kappa shape index (κ1) is 29.2. The molecular formula is C32H40ClN2O4S-. The predicted octanol–water partition coefficient (Wildman–Crippen LogP) is 6.86. The maximum atomic E-state index is 13.1. The molecule has 0 saturated heterocycles. The zero-order valence-electron chi connectivity index (χ0n) is 23.6. The molecule has 3 aliphatic rings. The highest BCUT2D eigenvalue weighted by Crippen LogP contribution is 2.44. The van der Waals surface area contributed by atoms with E-state index in [2.05, 4.69) is 21.4 Å². The van der Waals surface area contributed by atoms with Gasteiger partial charge in [0.05, 0.1) is 18.4 Å². The van der Waals surface area contributed by atoms with Crippen LogP contribution in [0.4, 0.5) is 5.69 Å². The van der Waals surface area contributed by atoms with Crippen molar-refractivity contribution >= 4 is 33.8 Å². The van der Waals surface area contributed by atoms with Crippen molar-refractivity contribution in [1.29, 1.82) is 0 Å². The number of hydrogen-bond acceptors (Lipinski definition) is 6. The number of aliphatic hydroxyl groups is 1. The third-order valence-corrected chi connectivity index (χ3v) is 10.8. The molecule has 216 valence electrons. The van der Waals surface area contributed by atoms with Gasteiger partial charge in [-0.25, -0.2) is 0 Å². The van der Waals surface area contributed by atoms with E-state index in [4.69, 9.17) is 16.3 Å². The van der Waals surface area contributed by atoms with Crippen LogP contribution in [0, 0.1) is 11.8 Å². The second-order valence-corrected chi connectivity index (χ2v) is 13.9. The van der Waals surface area contributed by atoms with E-state index in [0.717, 1.165) is 55.1 Å². The molecule has 2 aromatic carbocycles. The number of nitrogens with zero attached hydrogens (tertiary/aromatic N) is 2. The Kier molecular flexibility index (Phi) is 8.93. The lowest BCUT2D eigenvalue weighted by Gasteiger charge is -2.39. The Bertz CT molecular complexity index is 1370. The number of halogens is 1. The summed E-state index contributed by atoms with van der Waals surface area (Å²) in [5.41, 5.74) is 3.65. The van der Waals surface area contributed by atoms with Gasteiger partial charge in [-0.3, -0.25) is 4.79 Å². The normalized spacial score (nSPS) is 24.0. The Balaban J connectivity index is 1.27. The molecule has 0 bridgehead atoms. The minimum absolute atomic E-state index is 0.0539. The molecule has 8 heteroatoms. The third-order valence-electron chi connectivity index (χ3n) is 9.17. The molecule has 1 saturated carbocycles. The van der Waals surface area contributed by atoms with Crippen molar-refractivity contribution in [2.45, 2.75) is 75.6 Å². The van der Waals surface area contributed by atoms with Crippen molar-refractivity contribution in [2.75, 3.05) is 25.1 Å². The second-order valence-electron chi connectivity index (χ2n) is 12.0. The molecule has 6 nitrogen and oxygen atoms in total. The number of allylic oxidation sites excluding steroid dienone is 1. The highest BCUT2D eigenvalue weighted by Gasteiger charge is 2.41. The number of benzene rings is 2. The smallest absolute Gasteiger partial charge is 0.254 e. The molecule has 5 rings (SSSR count). The van der Waals surface area contributed by atoms with E-state index in [9.17, 15) is 14.1 Å². The van der Waals surface area contributed by atoms with Gasteiger partial charge in [-0.2, -0.15) is 10.6 Å². The summed E-state index contributed by atoms with van der Waals surface area (Å²) in [4.78, 5) is 15.3. The molecule has 0 unspecified atom stereocenters. The van der Waals surface area contributed by atoms with Crippen LogP contribution in [0.5, 0.6) is 5.75 Å². The van der Waals surface area contributed by atoms with Gasteiger partial charge in [0.1, 0.15) is 5.75 Å². The van der Waals surface area contributed by atoms with Gasteiger partial charge in [-0.05, 0) is 85.9 Å². The molecule has 4 atom stereocenters. The lowest BCUT2D eigenvalue weighted by atomic mass is 9.70. The van der Waals surface area contributed by atoms with Crippen molar-refractivity contribution in [2.24, 2.45) is 16.2 Å². The Morgan fingerprint density at radius 3 is 2.80 bits per heavy atom. The summed E-state index contributed by atoms with van der Waals surface area (Å²) in [5, 5.41) is 10.7. The van der Waals surface area contributed by atoms with E-state index in [0.29, 0.717) is 24.5 Å². The van der Waals surface area contributed by atoms with E-state index < -0.39 is 22.6 Å². The number of hydrogen-bond donors (Lipinski definition) is 1. The van der Waals surface area contributed by atoms with Crippen LogP contribution in [0.15, 0.2) is 52.9 Å². The second kappa shape index (κ2) is 12.3. The number of carbonyl (C=O) groups excluding carboxylic acids is 1. The number of aryl methyl sites for hydroxylation is 1. The SMILES string of the molecule is C[C@H]([C@@H](C)C/C=C/[C@H](O)C1CCC1)[S-](=O)=NC(=O)c1ccc2c(c1)N(C)C[C@@]1(CCCc3cc(Cl)ccc31)CO2. The fraction of sp³-hybridized carbons (Fsp3) is 0.531. The lowest BCUT2D eigenvalue weighted by Crippen LogP contribution is -2.44. The number of rotatable bonds is 7. The van der Waals surface area contributed by atoms with Crippen molar-refractivity contribution in [3.63, 3.8) is 0 Å². The Morgan fingerprint density at radius 1 is 1.25 bits per heavy atom. The summed E-state index contributed by atoms with van der Waals surface area (Å²) < 4.78 is 23.4. The van der Waals surface area contributed by atoms with Gasteiger partial charge in [-0.1, -0.05) is 61.3 Å². The van der Waals surface area contributed by atoms with E-state index in [-0.39, 0.29) is 16.6 Å². The molecule has 1 amide bonds. The Labute approximate surface area is 245 Å². The van der Waals surface area contributed by atoms with Gasteiger partial charge in [0.2, 0.25) is 0 Å². The first-order valence-corrected chi connectivity index (χ1v) is 16.0. The van der Waals surface area contributed by atoms with E-state index in [1.807, 2.05) is 51.2 Å². The minimum atomic E-state index is -1.67. The molecule has 40 heavy (non-hydrogen) atoms. The fourth-order valence-electron chi connectivity index (χ4n) is 6.20. The summed E-state index contributed by atoms with van der Waals surface area (Å²) >= 11 is 6.29. The molecule has 1 fully saturated rings. The summed E-state index contributed by atoms with van der Waals surface area (Å²) in [6.45, 7) is 5.18. The van der Waals surface area contributed by atoms with Gasteiger partial charge in [0.15, 0.2) is 0 Å². The zero-order valence-corrected chi connectivity index (χ0v) is 25.2. The van der Waals surface area contributed by atoms with Gasteiger partial charge < -0.3 is 23.3 Å². The van der Waals surface area contributed by atoms with Crippen molar-refractivity contribution < 1.29 is 18.8 Å². The van der Waals surface area contributed by atoms with Crippen LogP contribution in [0.3, 0.4) is 0 Å². The molecule has 2 aliphatic carbocycles. The van der Waals surface area contributed by atoms with Gasteiger partial charge in [0.25, 0.3) is 5.91 Å². The monoisotopic (exact) mass is 583 g/mol. The first-order valence-electron chi connectivity index (χ1n) is 14.5. The average molecular weight is 584 g/mol. The molecule has 0 radical (unpaired) electrons. The van der Waals surface area contributed by atoms with Crippen LogP contribution in [-0.4, -0.2) is 42.6 Å². The fourth-order valence-corrected chi connectivity index (χ4v) is 7.34. The highest BCUT2D eigenvalue weighted by atomic mass is 35.5. The van der Waals surface area contributed by atoms with Gasteiger partial charge in [0, 0.05) is 29.6 Å². The molecule has 2 aromatic rings. The van der Waals surface area contributed by atoms with Crippen LogP contribution in [0.25, 0.3) is 0 Å². The highest BCUT2D eigenvalue weighted by molar-refractivity contribution is 7.75. The topological polar surface area (TPSA) is 79.2 Å². The third kappa shape index (κ3) is 6.12.